The Labute approximate surface area is 100 Å². The molecule has 0 aliphatic carbocycles. The number of aromatic nitrogens is 2. The Hall–Kier alpha value is -1.86. The molecule has 0 saturated carbocycles. The minimum Gasteiger partial charge on any atom is -0.322 e. The van der Waals surface area contributed by atoms with Crippen LogP contribution >= 0.6 is 11.3 Å². The lowest BCUT2D eigenvalue weighted by atomic mass is 10.2. The van der Waals surface area contributed by atoms with Gasteiger partial charge in [-0.3, -0.25) is 10.1 Å². The minimum absolute atomic E-state index is 0.116. The topological polar surface area (TPSA) is 80.9 Å². The van der Waals surface area contributed by atoms with Crippen LogP contribution in [0.1, 0.15) is 0 Å². The van der Waals surface area contributed by atoms with Crippen LogP contribution in [0.5, 0.6) is 0 Å². The van der Waals surface area contributed by atoms with E-state index in [-0.39, 0.29) is 18.3 Å². The average Bonchev–Trinajstić information content (AvgIpc) is 2.77. The van der Waals surface area contributed by atoms with Crippen LogP contribution in [0.4, 0.5) is 9.52 Å². The molecule has 3 N–H and O–H groups in total. The summed E-state index contributed by atoms with van der Waals surface area (Å²) < 4.78 is 13.0. The summed E-state index contributed by atoms with van der Waals surface area (Å²) in [6.45, 7) is -0.116. The molecule has 7 heteroatoms. The van der Waals surface area contributed by atoms with E-state index in [1.807, 2.05) is 0 Å². The van der Waals surface area contributed by atoms with Crippen LogP contribution in [-0.4, -0.2) is 22.6 Å². The van der Waals surface area contributed by atoms with E-state index in [0.29, 0.717) is 15.7 Å². The second-order valence-electron chi connectivity index (χ2n) is 3.18. The van der Waals surface area contributed by atoms with Gasteiger partial charge in [-0.2, -0.15) is 0 Å². The van der Waals surface area contributed by atoms with Gasteiger partial charge in [-0.1, -0.05) is 23.5 Å². The highest BCUT2D eigenvalue weighted by Crippen LogP contribution is 2.26. The number of carbonyl (C=O) groups excluding carboxylic acids is 1. The summed E-state index contributed by atoms with van der Waals surface area (Å²) in [5.74, 6) is -0.683. The molecule has 0 spiro atoms. The summed E-state index contributed by atoms with van der Waals surface area (Å²) in [4.78, 5) is 11.0. The van der Waals surface area contributed by atoms with Crippen molar-refractivity contribution in [1.29, 1.82) is 0 Å². The predicted octanol–water partition coefficient (Wildman–Crippen LogP) is 1.24. The molecule has 0 fully saturated rings. The summed E-state index contributed by atoms with van der Waals surface area (Å²) in [6, 6.07) is 6.01. The summed E-state index contributed by atoms with van der Waals surface area (Å²) in [5, 5.41) is 11.0. The molecule has 0 aliphatic rings. The lowest BCUT2D eigenvalue weighted by Crippen LogP contribution is -2.21. The standard InChI is InChI=1S/C10H9FN4OS/c11-7-3-1-2-6(4-7)9-14-15-10(17-9)13-8(16)5-12/h1-4H,5,12H2,(H,13,15,16). The third-order valence-electron chi connectivity index (χ3n) is 1.93. The van der Waals surface area contributed by atoms with Crippen molar-refractivity contribution >= 4 is 22.4 Å². The molecule has 0 unspecified atom stereocenters. The first-order chi connectivity index (χ1) is 8.19. The molecule has 2 aromatic rings. The molecule has 1 aromatic heterocycles. The summed E-state index contributed by atoms with van der Waals surface area (Å²) in [6.07, 6.45) is 0. The van der Waals surface area contributed by atoms with Gasteiger partial charge in [0.2, 0.25) is 11.0 Å². The third-order valence-corrected chi connectivity index (χ3v) is 2.82. The maximum absolute atomic E-state index is 13.0. The molecule has 1 amide bonds. The maximum atomic E-state index is 13.0. The smallest absolute Gasteiger partial charge is 0.239 e. The highest BCUT2D eigenvalue weighted by molar-refractivity contribution is 7.18. The Kier molecular flexibility index (Phi) is 3.40. The van der Waals surface area contributed by atoms with Crippen molar-refractivity contribution in [3.63, 3.8) is 0 Å². The van der Waals surface area contributed by atoms with Crippen LogP contribution in [0.2, 0.25) is 0 Å². The molecule has 1 aromatic carbocycles. The Morgan fingerprint density at radius 1 is 1.47 bits per heavy atom. The zero-order chi connectivity index (χ0) is 12.3. The number of hydrogen-bond acceptors (Lipinski definition) is 5. The number of nitrogens with two attached hydrogens (primary N) is 1. The number of rotatable bonds is 3. The number of anilines is 1. The van der Waals surface area contributed by atoms with Crippen LogP contribution in [0.3, 0.4) is 0 Å². The van der Waals surface area contributed by atoms with Crippen molar-refractivity contribution in [2.75, 3.05) is 11.9 Å². The monoisotopic (exact) mass is 252 g/mol. The zero-order valence-electron chi connectivity index (χ0n) is 8.68. The Morgan fingerprint density at radius 3 is 3.00 bits per heavy atom. The van der Waals surface area contributed by atoms with E-state index in [9.17, 15) is 9.18 Å². The fourth-order valence-electron chi connectivity index (χ4n) is 1.18. The van der Waals surface area contributed by atoms with Crippen LogP contribution in [0.15, 0.2) is 24.3 Å². The van der Waals surface area contributed by atoms with Gasteiger partial charge in [-0.15, -0.1) is 10.2 Å². The van der Waals surface area contributed by atoms with E-state index in [0.717, 1.165) is 11.3 Å². The number of nitrogens with zero attached hydrogens (tertiary/aromatic N) is 2. The van der Waals surface area contributed by atoms with E-state index >= 15 is 0 Å². The second kappa shape index (κ2) is 4.98. The lowest BCUT2D eigenvalue weighted by Gasteiger charge is -1.95. The number of benzene rings is 1. The normalized spacial score (nSPS) is 10.2. The van der Waals surface area contributed by atoms with Gasteiger partial charge in [0.25, 0.3) is 0 Å². The van der Waals surface area contributed by atoms with Crippen molar-refractivity contribution < 1.29 is 9.18 Å². The van der Waals surface area contributed by atoms with E-state index in [2.05, 4.69) is 15.5 Å². The molecule has 0 bridgehead atoms. The second-order valence-corrected chi connectivity index (χ2v) is 4.15. The minimum atomic E-state index is -0.342. The van der Waals surface area contributed by atoms with E-state index in [1.165, 1.54) is 12.1 Å². The molecular weight excluding hydrogens is 243 g/mol. The Balaban J connectivity index is 2.21. The quantitative estimate of drug-likeness (QED) is 0.861. The van der Waals surface area contributed by atoms with Crippen molar-refractivity contribution in [2.45, 2.75) is 0 Å². The molecular formula is C10H9FN4OS. The summed E-state index contributed by atoms with van der Waals surface area (Å²) in [7, 11) is 0. The Morgan fingerprint density at radius 2 is 2.29 bits per heavy atom. The number of nitrogens with one attached hydrogen (secondary N) is 1. The number of hydrogen-bond donors (Lipinski definition) is 2. The molecule has 0 aliphatic heterocycles. The molecule has 5 nitrogen and oxygen atoms in total. The maximum Gasteiger partial charge on any atom is 0.239 e. The first-order valence-electron chi connectivity index (χ1n) is 4.78. The molecule has 1 heterocycles. The lowest BCUT2D eigenvalue weighted by molar-refractivity contribution is -0.114. The number of carbonyl (C=O) groups is 1. The SMILES string of the molecule is NCC(=O)Nc1nnc(-c2cccc(F)c2)s1. The van der Waals surface area contributed by atoms with E-state index < -0.39 is 0 Å². The first kappa shape index (κ1) is 11.6. The summed E-state index contributed by atoms with van der Waals surface area (Å²) >= 11 is 1.16. The van der Waals surface area contributed by atoms with Crippen LogP contribution in [0.25, 0.3) is 10.6 Å². The largest absolute Gasteiger partial charge is 0.322 e. The molecule has 2 rings (SSSR count). The predicted molar refractivity (Wildman–Crippen MR) is 63.0 cm³/mol. The zero-order valence-corrected chi connectivity index (χ0v) is 9.50. The first-order valence-corrected chi connectivity index (χ1v) is 5.60. The van der Waals surface area contributed by atoms with Gasteiger partial charge in [0, 0.05) is 5.56 Å². The fourth-order valence-corrected chi connectivity index (χ4v) is 1.94. The molecule has 0 atom stereocenters. The molecule has 0 saturated heterocycles. The number of amides is 1. The number of halogens is 1. The van der Waals surface area contributed by atoms with Crippen LogP contribution in [-0.2, 0) is 4.79 Å². The van der Waals surface area contributed by atoms with Crippen molar-refractivity contribution in [2.24, 2.45) is 5.73 Å². The van der Waals surface area contributed by atoms with Crippen LogP contribution < -0.4 is 11.1 Å². The highest BCUT2D eigenvalue weighted by atomic mass is 32.1. The van der Waals surface area contributed by atoms with Crippen molar-refractivity contribution in [1.82, 2.24) is 10.2 Å². The van der Waals surface area contributed by atoms with E-state index in [4.69, 9.17) is 5.73 Å². The molecule has 0 radical (unpaired) electrons. The van der Waals surface area contributed by atoms with Gasteiger partial charge in [0.15, 0.2) is 0 Å². The van der Waals surface area contributed by atoms with Gasteiger partial charge in [0.05, 0.1) is 6.54 Å². The Bertz CT molecular complexity index is 543. The van der Waals surface area contributed by atoms with Crippen molar-refractivity contribution in [3.05, 3.63) is 30.1 Å². The fraction of sp³-hybridized carbons (Fsp3) is 0.100. The highest BCUT2D eigenvalue weighted by Gasteiger charge is 2.08. The molecule has 17 heavy (non-hydrogen) atoms. The van der Waals surface area contributed by atoms with Crippen LogP contribution in [0, 0.1) is 5.82 Å². The summed E-state index contributed by atoms with van der Waals surface area (Å²) in [5.41, 5.74) is 5.77. The van der Waals surface area contributed by atoms with Crippen molar-refractivity contribution in [3.8, 4) is 10.6 Å². The van der Waals surface area contributed by atoms with Gasteiger partial charge in [-0.25, -0.2) is 4.39 Å². The van der Waals surface area contributed by atoms with Gasteiger partial charge < -0.3 is 5.73 Å². The van der Waals surface area contributed by atoms with Gasteiger partial charge in [-0.05, 0) is 12.1 Å². The molecule has 88 valence electrons. The average molecular weight is 252 g/mol. The third kappa shape index (κ3) is 2.83. The van der Waals surface area contributed by atoms with Gasteiger partial charge >= 0.3 is 0 Å². The van der Waals surface area contributed by atoms with Gasteiger partial charge in [0.1, 0.15) is 10.8 Å². The van der Waals surface area contributed by atoms with E-state index in [1.54, 1.807) is 12.1 Å².